The van der Waals surface area contributed by atoms with Gasteiger partial charge in [0.15, 0.2) is 0 Å². The summed E-state index contributed by atoms with van der Waals surface area (Å²) in [7, 11) is 0. The molecule has 7 heteroatoms. The molecule has 0 fully saturated rings. The normalized spacial score (nSPS) is 10.9. The quantitative estimate of drug-likeness (QED) is 0.250. The molecule has 1 aromatic heterocycles. The maximum Gasteiger partial charge on any atom is 0.138 e. The SMILES string of the molecule is C=N/C(C#CCCNc1ncnc2ccccc12)=C\SCOc1cccc(F)c1. The predicted molar refractivity (Wildman–Crippen MR) is 118 cm³/mol. The van der Waals surface area contributed by atoms with Crippen LogP contribution in [0.4, 0.5) is 10.2 Å². The number of benzene rings is 2. The molecule has 0 unspecified atom stereocenters. The molecule has 0 saturated heterocycles. The topological polar surface area (TPSA) is 59.4 Å². The highest BCUT2D eigenvalue weighted by Crippen LogP contribution is 2.18. The molecule has 2 aromatic carbocycles. The Morgan fingerprint density at radius 2 is 2.14 bits per heavy atom. The number of hydrogen-bond donors (Lipinski definition) is 1. The van der Waals surface area contributed by atoms with E-state index in [-0.39, 0.29) is 5.82 Å². The lowest BCUT2D eigenvalue weighted by atomic mass is 10.2. The number of ether oxygens (including phenoxy) is 1. The molecule has 3 aromatic rings. The van der Waals surface area contributed by atoms with Crippen molar-refractivity contribution in [1.29, 1.82) is 0 Å². The molecule has 1 heterocycles. The van der Waals surface area contributed by atoms with E-state index in [0.29, 0.717) is 30.4 Å². The van der Waals surface area contributed by atoms with Gasteiger partial charge in [0.1, 0.15) is 35.3 Å². The monoisotopic (exact) mass is 406 g/mol. The van der Waals surface area contributed by atoms with Crippen LogP contribution in [-0.4, -0.2) is 29.2 Å². The lowest BCUT2D eigenvalue weighted by Crippen LogP contribution is -2.03. The molecule has 1 N–H and O–H groups in total. The first kappa shape index (κ1) is 20.4. The summed E-state index contributed by atoms with van der Waals surface area (Å²) in [4.78, 5) is 12.4. The Balaban J connectivity index is 1.45. The molecule has 0 aliphatic rings. The minimum absolute atomic E-state index is 0.326. The molecule has 0 spiro atoms. The second kappa shape index (κ2) is 10.8. The molecule has 0 aliphatic carbocycles. The van der Waals surface area contributed by atoms with Gasteiger partial charge in [0.05, 0.1) is 5.52 Å². The Morgan fingerprint density at radius 3 is 3.00 bits per heavy atom. The van der Waals surface area contributed by atoms with E-state index in [1.807, 2.05) is 24.3 Å². The fourth-order valence-corrected chi connectivity index (χ4v) is 2.98. The van der Waals surface area contributed by atoms with E-state index >= 15 is 0 Å². The third-order valence-corrected chi connectivity index (χ3v) is 4.40. The fourth-order valence-electron chi connectivity index (χ4n) is 2.42. The van der Waals surface area contributed by atoms with Gasteiger partial charge in [-0.15, -0.1) is 0 Å². The number of hydrogen-bond acceptors (Lipinski definition) is 6. The van der Waals surface area contributed by atoms with Crippen LogP contribution in [-0.2, 0) is 0 Å². The molecule has 0 saturated carbocycles. The van der Waals surface area contributed by atoms with Crippen LogP contribution in [0, 0.1) is 17.7 Å². The minimum atomic E-state index is -0.328. The van der Waals surface area contributed by atoms with Gasteiger partial charge in [-0.1, -0.05) is 35.9 Å². The lowest BCUT2D eigenvalue weighted by Gasteiger charge is -2.06. The van der Waals surface area contributed by atoms with Crippen molar-refractivity contribution in [3.8, 4) is 17.6 Å². The standard InChI is InChI=1S/C22H19FN4OS/c1-24-18(14-29-16-28-19-9-6-7-17(23)13-19)8-4-5-12-25-22-20-10-2-3-11-21(20)26-15-27-22/h2-3,6-7,9-11,13-15H,1,5,12,16H2,(H,25,26,27)/b18-14-. The van der Waals surface area contributed by atoms with Crippen LogP contribution in [0.1, 0.15) is 6.42 Å². The minimum Gasteiger partial charge on any atom is -0.483 e. The molecular formula is C22H19FN4OS. The van der Waals surface area contributed by atoms with Crippen LogP contribution in [0.2, 0.25) is 0 Å². The maximum absolute atomic E-state index is 13.1. The number of anilines is 1. The highest BCUT2D eigenvalue weighted by Gasteiger charge is 2.01. The van der Waals surface area contributed by atoms with Crippen LogP contribution in [0.3, 0.4) is 0 Å². The Bertz CT molecular complexity index is 1070. The van der Waals surface area contributed by atoms with Crippen molar-refractivity contribution in [2.75, 3.05) is 17.8 Å². The van der Waals surface area contributed by atoms with Crippen LogP contribution < -0.4 is 10.1 Å². The van der Waals surface area contributed by atoms with Crippen molar-refractivity contribution in [3.05, 3.63) is 71.8 Å². The number of halogens is 1. The van der Waals surface area contributed by atoms with Gasteiger partial charge in [-0.3, -0.25) is 4.99 Å². The third kappa shape index (κ3) is 6.33. The Labute approximate surface area is 173 Å². The van der Waals surface area contributed by atoms with Gasteiger partial charge in [-0.2, -0.15) is 0 Å². The molecule has 0 radical (unpaired) electrons. The summed E-state index contributed by atoms with van der Waals surface area (Å²) < 4.78 is 18.5. The summed E-state index contributed by atoms with van der Waals surface area (Å²) in [5.41, 5.74) is 1.46. The first-order valence-corrected chi connectivity index (χ1v) is 9.90. The fraction of sp³-hybridized carbons (Fsp3) is 0.136. The molecule has 0 aliphatic heterocycles. The van der Waals surface area contributed by atoms with E-state index in [1.165, 1.54) is 23.9 Å². The largest absolute Gasteiger partial charge is 0.483 e. The number of fused-ring (bicyclic) bond motifs is 1. The number of nitrogens with zero attached hydrogens (tertiary/aromatic N) is 3. The number of allylic oxidation sites excluding steroid dienone is 1. The van der Waals surface area contributed by atoms with Gasteiger partial charge in [-0.25, -0.2) is 14.4 Å². The van der Waals surface area contributed by atoms with E-state index in [0.717, 1.165) is 16.7 Å². The smallest absolute Gasteiger partial charge is 0.138 e. The van der Waals surface area contributed by atoms with E-state index in [2.05, 4.69) is 38.8 Å². The number of nitrogens with one attached hydrogen (secondary N) is 1. The molecule has 146 valence electrons. The van der Waals surface area contributed by atoms with Crippen molar-refractivity contribution >= 4 is 35.2 Å². The highest BCUT2D eigenvalue weighted by molar-refractivity contribution is 8.02. The number of thioether (sulfide) groups is 1. The zero-order valence-electron chi connectivity index (χ0n) is 15.6. The molecule has 29 heavy (non-hydrogen) atoms. The first-order chi connectivity index (χ1) is 14.3. The first-order valence-electron chi connectivity index (χ1n) is 8.85. The van der Waals surface area contributed by atoms with Gasteiger partial charge in [0.25, 0.3) is 0 Å². The van der Waals surface area contributed by atoms with Gasteiger partial charge in [0.2, 0.25) is 0 Å². The van der Waals surface area contributed by atoms with Crippen molar-refractivity contribution in [2.45, 2.75) is 6.42 Å². The summed E-state index contributed by atoms with van der Waals surface area (Å²) >= 11 is 1.37. The second-order valence-corrected chi connectivity index (χ2v) is 6.57. The number of aromatic nitrogens is 2. The number of rotatable bonds is 8. The summed E-state index contributed by atoms with van der Waals surface area (Å²) in [6.07, 6.45) is 2.16. The van der Waals surface area contributed by atoms with Crippen LogP contribution in [0.25, 0.3) is 10.9 Å². The van der Waals surface area contributed by atoms with Gasteiger partial charge >= 0.3 is 0 Å². The molecule has 0 atom stereocenters. The Hall–Kier alpha value is -3.37. The van der Waals surface area contributed by atoms with Crippen molar-refractivity contribution in [3.63, 3.8) is 0 Å². The Morgan fingerprint density at radius 1 is 1.24 bits per heavy atom. The zero-order chi connectivity index (χ0) is 20.3. The van der Waals surface area contributed by atoms with Gasteiger partial charge < -0.3 is 10.1 Å². The van der Waals surface area contributed by atoms with E-state index < -0.39 is 0 Å². The van der Waals surface area contributed by atoms with Crippen LogP contribution in [0.5, 0.6) is 5.75 Å². The molecule has 0 bridgehead atoms. The van der Waals surface area contributed by atoms with Gasteiger partial charge in [-0.05, 0) is 36.9 Å². The summed E-state index contributed by atoms with van der Waals surface area (Å²) in [6.45, 7) is 4.18. The molecule has 0 amide bonds. The average Bonchev–Trinajstić information content (AvgIpc) is 2.75. The molecule has 5 nitrogen and oxygen atoms in total. The lowest BCUT2D eigenvalue weighted by molar-refractivity contribution is 0.390. The van der Waals surface area contributed by atoms with E-state index in [4.69, 9.17) is 4.74 Å². The second-order valence-electron chi connectivity index (χ2n) is 5.77. The number of aliphatic imine (C=N–C) groups is 1. The van der Waals surface area contributed by atoms with Crippen molar-refractivity contribution < 1.29 is 9.13 Å². The van der Waals surface area contributed by atoms with Gasteiger partial charge in [0, 0.05) is 29.8 Å². The summed E-state index contributed by atoms with van der Waals surface area (Å²) in [6, 6.07) is 13.8. The van der Waals surface area contributed by atoms with Crippen LogP contribution >= 0.6 is 11.8 Å². The van der Waals surface area contributed by atoms with Crippen molar-refractivity contribution in [2.24, 2.45) is 4.99 Å². The summed E-state index contributed by atoms with van der Waals surface area (Å²) in [5.74, 6) is 7.30. The molecule has 3 rings (SSSR count). The summed E-state index contributed by atoms with van der Waals surface area (Å²) in [5, 5.41) is 6.03. The number of para-hydroxylation sites is 1. The Kier molecular flexibility index (Phi) is 7.61. The van der Waals surface area contributed by atoms with Crippen LogP contribution in [0.15, 0.2) is 71.0 Å². The van der Waals surface area contributed by atoms with E-state index in [9.17, 15) is 4.39 Å². The third-order valence-electron chi connectivity index (χ3n) is 3.76. The highest BCUT2D eigenvalue weighted by atomic mass is 32.2. The van der Waals surface area contributed by atoms with Crippen molar-refractivity contribution in [1.82, 2.24) is 9.97 Å². The average molecular weight is 406 g/mol. The maximum atomic E-state index is 13.1. The van der Waals surface area contributed by atoms with E-state index in [1.54, 1.807) is 23.9 Å². The predicted octanol–water partition coefficient (Wildman–Crippen LogP) is 4.89. The zero-order valence-corrected chi connectivity index (χ0v) is 16.5. The molecular weight excluding hydrogens is 387 g/mol.